The average Bonchev–Trinajstić information content (AvgIpc) is 2.83. The zero-order chi connectivity index (χ0) is 13.0. The Morgan fingerprint density at radius 1 is 1.44 bits per heavy atom. The summed E-state index contributed by atoms with van der Waals surface area (Å²) in [5.41, 5.74) is 1.79. The first-order valence-corrected chi connectivity index (χ1v) is 6.11. The van der Waals surface area contributed by atoms with Gasteiger partial charge in [0.25, 0.3) is 0 Å². The van der Waals surface area contributed by atoms with Gasteiger partial charge in [0.1, 0.15) is 5.82 Å². The monoisotopic (exact) mass is 247 g/mol. The lowest BCUT2D eigenvalue weighted by Crippen LogP contribution is -2.30. The van der Waals surface area contributed by atoms with Gasteiger partial charge in [-0.2, -0.15) is 5.10 Å². The van der Waals surface area contributed by atoms with Crippen molar-refractivity contribution in [2.24, 2.45) is 0 Å². The minimum atomic E-state index is -0.150. The number of nitrogens with one attached hydrogen (secondary N) is 1. The quantitative estimate of drug-likeness (QED) is 0.879. The fourth-order valence-corrected chi connectivity index (χ4v) is 1.86. The highest BCUT2D eigenvalue weighted by Gasteiger charge is 2.04. The number of aryl methyl sites for hydroxylation is 1. The molecule has 96 valence electrons. The molecule has 2 aromatic rings. The zero-order valence-electron chi connectivity index (χ0n) is 10.7. The third kappa shape index (κ3) is 3.40. The molecule has 0 saturated heterocycles. The Hall–Kier alpha value is -1.68. The Kier molecular flexibility index (Phi) is 4.10. The fourth-order valence-electron chi connectivity index (χ4n) is 1.86. The van der Waals surface area contributed by atoms with E-state index in [1.54, 1.807) is 13.1 Å². The highest BCUT2D eigenvalue weighted by Crippen LogP contribution is 2.09. The molecule has 0 spiro atoms. The maximum Gasteiger partial charge on any atom is 0.126 e. The summed E-state index contributed by atoms with van der Waals surface area (Å²) in [7, 11) is 0. The van der Waals surface area contributed by atoms with E-state index in [1.807, 2.05) is 29.1 Å². The largest absolute Gasteiger partial charge is 0.308 e. The minimum absolute atomic E-state index is 0.150. The molecule has 3 nitrogen and oxygen atoms in total. The number of benzene rings is 1. The van der Waals surface area contributed by atoms with Crippen LogP contribution >= 0.6 is 0 Å². The Morgan fingerprint density at radius 2 is 2.28 bits per heavy atom. The van der Waals surface area contributed by atoms with Crippen molar-refractivity contribution in [1.82, 2.24) is 15.1 Å². The lowest BCUT2D eigenvalue weighted by Gasteiger charge is -2.14. The number of nitrogens with zero attached hydrogens (tertiary/aromatic N) is 2. The molecule has 0 amide bonds. The van der Waals surface area contributed by atoms with Gasteiger partial charge in [0, 0.05) is 25.0 Å². The van der Waals surface area contributed by atoms with Gasteiger partial charge in [-0.1, -0.05) is 12.1 Å². The Morgan fingerprint density at radius 3 is 2.94 bits per heavy atom. The first-order valence-electron chi connectivity index (χ1n) is 6.11. The van der Waals surface area contributed by atoms with Crippen molar-refractivity contribution in [3.8, 4) is 0 Å². The summed E-state index contributed by atoms with van der Waals surface area (Å²) in [6, 6.07) is 7.44. The van der Waals surface area contributed by atoms with Gasteiger partial charge in [0.2, 0.25) is 0 Å². The van der Waals surface area contributed by atoms with E-state index in [4.69, 9.17) is 0 Å². The first-order chi connectivity index (χ1) is 8.65. The average molecular weight is 247 g/mol. The van der Waals surface area contributed by atoms with Crippen molar-refractivity contribution in [2.45, 2.75) is 33.0 Å². The van der Waals surface area contributed by atoms with Crippen LogP contribution in [0.25, 0.3) is 0 Å². The molecule has 18 heavy (non-hydrogen) atoms. The Labute approximate surface area is 107 Å². The second-order valence-electron chi connectivity index (χ2n) is 4.59. The normalized spacial score (nSPS) is 12.6. The van der Waals surface area contributed by atoms with Crippen LogP contribution in [0.4, 0.5) is 4.39 Å². The van der Waals surface area contributed by atoms with Gasteiger partial charge in [-0.25, -0.2) is 4.39 Å². The van der Waals surface area contributed by atoms with E-state index in [0.29, 0.717) is 11.6 Å². The smallest absolute Gasteiger partial charge is 0.126 e. The second kappa shape index (κ2) is 5.78. The number of hydrogen-bond donors (Lipinski definition) is 1. The van der Waals surface area contributed by atoms with Crippen LogP contribution in [0.1, 0.15) is 18.1 Å². The van der Waals surface area contributed by atoms with Gasteiger partial charge in [-0.05, 0) is 37.1 Å². The van der Waals surface area contributed by atoms with Crippen molar-refractivity contribution >= 4 is 0 Å². The Balaban J connectivity index is 1.85. The van der Waals surface area contributed by atoms with Gasteiger partial charge in [-0.3, -0.25) is 4.68 Å². The third-order valence-electron chi connectivity index (χ3n) is 2.90. The van der Waals surface area contributed by atoms with Crippen LogP contribution in [0, 0.1) is 12.7 Å². The van der Waals surface area contributed by atoms with Gasteiger partial charge in [0.15, 0.2) is 0 Å². The molecule has 1 unspecified atom stereocenters. The second-order valence-corrected chi connectivity index (χ2v) is 4.59. The molecule has 4 heteroatoms. The van der Waals surface area contributed by atoms with Gasteiger partial charge in [-0.15, -0.1) is 0 Å². The molecule has 1 atom stereocenters. The molecule has 0 saturated carbocycles. The summed E-state index contributed by atoms with van der Waals surface area (Å²) in [6.07, 6.45) is 3.72. The molecule has 2 rings (SSSR count). The van der Waals surface area contributed by atoms with E-state index < -0.39 is 0 Å². The predicted molar refractivity (Wildman–Crippen MR) is 69.7 cm³/mol. The van der Waals surface area contributed by atoms with E-state index in [1.165, 1.54) is 6.07 Å². The first kappa shape index (κ1) is 12.8. The van der Waals surface area contributed by atoms with Crippen LogP contribution in [-0.4, -0.2) is 15.8 Å². The molecule has 0 aliphatic carbocycles. The summed E-state index contributed by atoms with van der Waals surface area (Å²) in [6.45, 7) is 5.46. The SMILES string of the molecule is Cc1cc(CNC(C)Cn2cccn2)ccc1F. The summed E-state index contributed by atoms with van der Waals surface area (Å²) in [5.74, 6) is -0.150. The van der Waals surface area contributed by atoms with Crippen LogP contribution in [0.15, 0.2) is 36.7 Å². The van der Waals surface area contributed by atoms with E-state index in [9.17, 15) is 4.39 Å². The van der Waals surface area contributed by atoms with Crippen LogP contribution in [0.5, 0.6) is 0 Å². The number of rotatable bonds is 5. The van der Waals surface area contributed by atoms with Crippen LogP contribution < -0.4 is 5.32 Å². The molecule has 0 aliphatic rings. The van der Waals surface area contributed by atoms with Crippen LogP contribution in [0.3, 0.4) is 0 Å². The Bertz CT molecular complexity index is 494. The van der Waals surface area contributed by atoms with E-state index in [-0.39, 0.29) is 5.82 Å². The highest BCUT2D eigenvalue weighted by molar-refractivity contribution is 5.23. The van der Waals surface area contributed by atoms with Crippen LogP contribution in [-0.2, 0) is 13.1 Å². The molecule has 0 fully saturated rings. The van der Waals surface area contributed by atoms with E-state index in [2.05, 4.69) is 17.3 Å². The molecule has 0 radical (unpaired) electrons. The van der Waals surface area contributed by atoms with Gasteiger partial charge in [0.05, 0.1) is 6.54 Å². The van der Waals surface area contributed by atoms with Crippen molar-refractivity contribution in [3.63, 3.8) is 0 Å². The van der Waals surface area contributed by atoms with Crippen molar-refractivity contribution in [3.05, 3.63) is 53.6 Å². The number of hydrogen-bond acceptors (Lipinski definition) is 2. The lowest BCUT2D eigenvalue weighted by molar-refractivity contribution is 0.450. The predicted octanol–water partition coefficient (Wildman–Crippen LogP) is 2.51. The maximum absolute atomic E-state index is 13.1. The summed E-state index contributed by atoms with van der Waals surface area (Å²) < 4.78 is 15.0. The molecule has 1 heterocycles. The third-order valence-corrected chi connectivity index (χ3v) is 2.90. The summed E-state index contributed by atoms with van der Waals surface area (Å²) in [5, 5.41) is 7.56. The fraction of sp³-hybridized carbons (Fsp3) is 0.357. The van der Waals surface area contributed by atoms with E-state index in [0.717, 1.165) is 18.7 Å². The molecular formula is C14H18FN3. The van der Waals surface area contributed by atoms with Gasteiger partial charge >= 0.3 is 0 Å². The molecular weight excluding hydrogens is 229 g/mol. The molecule has 1 N–H and O–H groups in total. The molecule has 1 aromatic carbocycles. The van der Waals surface area contributed by atoms with E-state index >= 15 is 0 Å². The maximum atomic E-state index is 13.1. The van der Waals surface area contributed by atoms with Crippen molar-refractivity contribution < 1.29 is 4.39 Å². The lowest BCUT2D eigenvalue weighted by atomic mass is 10.1. The standard InChI is InChI=1S/C14H18FN3/c1-11-8-13(4-5-14(11)15)9-16-12(2)10-18-7-3-6-17-18/h3-8,12,16H,9-10H2,1-2H3. The van der Waals surface area contributed by atoms with Crippen molar-refractivity contribution in [2.75, 3.05) is 0 Å². The molecule has 1 aromatic heterocycles. The summed E-state index contributed by atoms with van der Waals surface area (Å²) >= 11 is 0. The number of halogens is 1. The molecule has 0 aliphatic heterocycles. The van der Waals surface area contributed by atoms with Gasteiger partial charge < -0.3 is 5.32 Å². The molecule has 0 bridgehead atoms. The topological polar surface area (TPSA) is 29.9 Å². The van der Waals surface area contributed by atoms with Crippen LogP contribution in [0.2, 0.25) is 0 Å². The van der Waals surface area contributed by atoms with Crippen molar-refractivity contribution in [1.29, 1.82) is 0 Å². The number of aromatic nitrogens is 2. The highest BCUT2D eigenvalue weighted by atomic mass is 19.1. The summed E-state index contributed by atoms with van der Waals surface area (Å²) in [4.78, 5) is 0. The minimum Gasteiger partial charge on any atom is -0.308 e. The zero-order valence-corrected chi connectivity index (χ0v) is 10.7.